The van der Waals surface area contributed by atoms with Crippen molar-refractivity contribution in [2.24, 2.45) is 0 Å². The maximum Gasteiger partial charge on any atom is 0.269 e. The second kappa shape index (κ2) is 6.34. The number of Topliss-reactive ketones (excluding diaryl/α,β-unsaturated/α-hetero) is 1. The Labute approximate surface area is 126 Å². The van der Waals surface area contributed by atoms with E-state index in [0.29, 0.717) is 16.8 Å². The number of anilines is 1. The predicted molar refractivity (Wildman–Crippen MR) is 81.8 cm³/mol. The molecule has 0 aliphatic carbocycles. The third kappa shape index (κ3) is 3.46. The maximum atomic E-state index is 13.5. The molecule has 0 spiro atoms. The van der Waals surface area contributed by atoms with Crippen LogP contribution in [0.3, 0.4) is 0 Å². The fraction of sp³-hybridized carbons (Fsp3) is 0.188. The average molecular weight is 302 g/mol. The van der Waals surface area contributed by atoms with Crippen molar-refractivity contribution >= 4 is 17.2 Å². The first-order valence-corrected chi connectivity index (χ1v) is 6.67. The van der Waals surface area contributed by atoms with E-state index in [2.05, 4.69) is 5.32 Å². The lowest BCUT2D eigenvalue weighted by molar-refractivity contribution is -0.384. The van der Waals surface area contributed by atoms with E-state index in [1.165, 1.54) is 18.2 Å². The summed E-state index contributed by atoms with van der Waals surface area (Å²) >= 11 is 0. The van der Waals surface area contributed by atoms with Gasteiger partial charge in [0, 0.05) is 23.4 Å². The van der Waals surface area contributed by atoms with Crippen LogP contribution in [-0.4, -0.2) is 17.3 Å². The van der Waals surface area contributed by atoms with Crippen LogP contribution in [0.2, 0.25) is 0 Å². The van der Waals surface area contributed by atoms with E-state index in [-0.39, 0.29) is 23.6 Å². The van der Waals surface area contributed by atoms with Crippen LogP contribution in [0.4, 0.5) is 15.8 Å². The van der Waals surface area contributed by atoms with Gasteiger partial charge >= 0.3 is 0 Å². The first-order valence-electron chi connectivity index (χ1n) is 6.67. The lowest BCUT2D eigenvalue weighted by atomic mass is 10.1. The molecule has 22 heavy (non-hydrogen) atoms. The highest BCUT2D eigenvalue weighted by Crippen LogP contribution is 2.21. The monoisotopic (exact) mass is 302 g/mol. The Hall–Kier alpha value is -2.76. The third-order valence-corrected chi connectivity index (χ3v) is 3.35. The topological polar surface area (TPSA) is 72.2 Å². The quantitative estimate of drug-likeness (QED) is 0.520. The highest BCUT2D eigenvalue weighted by Gasteiger charge is 2.11. The van der Waals surface area contributed by atoms with E-state index in [9.17, 15) is 19.3 Å². The second-order valence-electron chi connectivity index (χ2n) is 5.00. The standard InChI is InChI=1S/C16H15FN2O3/c1-10-3-4-12(8-14(10)17)16(20)9-18-15-6-5-13(19(21)22)7-11(15)2/h3-8,18H,9H2,1-2H3. The molecule has 0 saturated carbocycles. The minimum Gasteiger partial charge on any atom is -0.377 e. The van der Waals surface area contributed by atoms with Crippen molar-refractivity contribution in [2.75, 3.05) is 11.9 Å². The molecule has 2 rings (SSSR count). The van der Waals surface area contributed by atoms with Crippen molar-refractivity contribution in [3.63, 3.8) is 0 Å². The summed E-state index contributed by atoms with van der Waals surface area (Å²) in [7, 11) is 0. The molecule has 0 aromatic heterocycles. The van der Waals surface area contributed by atoms with Crippen LogP contribution in [0.5, 0.6) is 0 Å². The molecular weight excluding hydrogens is 287 g/mol. The lowest BCUT2D eigenvalue weighted by Gasteiger charge is -2.09. The summed E-state index contributed by atoms with van der Waals surface area (Å²) in [5.41, 5.74) is 2.06. The molecule has 2 aromatic carbocycles. The van der Waals surface area contributed by atoms with E-state index in [0.717, 1.165) is 0 Å². The van der Waals surface area contributed by atoms with Gasteiger partial charge in [0.05, 0.1) is 11.5 Å². The smallest absolute Gasteiger partial charge is 0.269 e. The van der Waals surface area contributed by atoms with Gasteiger partial charge in [0.15, 0.2) is 5.78 Å². The van der Waals surface area contributed by atoms with Crippen molar-refractivity contribution in [3.8, 4) is 0 Å². The SMILES string of the molecule is Cc1ccc(C(=O)CNc2ccc([N+](=O)[O-])cc2C)cc1F. The van der Waals surface area contributed by atoms with E-state index in [1.807, 2.05) is 0 Å². The molecule has 114 valence electrons. The zero-order chi connectivity index (χ0) is 16.3. The number of nitrogens with one attached hydrogen (secondary N) is 1. The molecule has 0 amide bonds. The summed E-state index contributed by atoms with van der Waals surface area (Å²) in [5.74, 6) is -0.672. The summed E-state index contributed by atoms with van der Waals surface area (Å²) < 4.78 is 13.5. The predicted octanol–water partition coefficient (Wildman–Crippen LogP) is 3.65. The Morgan fingerprint density at radius 1 is 1.18 bits per heavy atom. The maximum absolute atomic E-state index is 13.5. The summed E-state index contributed by atoms with van der Waals surface area (Å²) in [6.07, 6.45) is 0. The van der Waals surface area contributed by atoms with Gasteiger partial charge in [-0.25, -0.2) is 4.39 Å². The summed E-state index contributed by atoms with van der Waals surface area (Å²) in [6, 6.07) is 8.69. The van der Waals surface area contributed by atoms with Crippen LogP contribution in [0, 0.1) is 29.8 Å². The molecule has 6 heteroatoms. The third-order valence-electron chi connectivity index (χ3n) is 3.35. The molecule has 0 bridgehead atoms. The zero-order valence-corrected chi connectivity index (χ0v) is 12.2. The van der Waals surface area contributed by atoms with Crippen molar-refractivity contribution in [1.29, 1.82) is 0 Å². The van der Waals surface area contributed by atoms with Gasteiger partial charge in [-0.3, -0.25) is 14.9 Å². The number of hydrogen-bond acceptors (Lipinski definition) is 4. The van der Waals surface area contributed by atoms with Crippen molar-refractivity contribution in [3.05, 3.63) is 69.0 Å². The molecule has 0 heterocycles. The largest absolute Gasteiger partial charge is 0.377 e. The summed E-state index contributed by atoms with van der Waals surface area (Å²) in [4.78, 5) is 22.2. The molecular formula is C16H15FN2O3. The van der Waals surface area contributed by atoms with E-state index in [1.54, 1.807) is 32.0 Å². The molecule has 0 aliphatic rings. The number of carbonyl (C=O) groups excluding carboxylic acids is 1. The highest BCUT2D eigenvalue weighted by atomic mass is 19.1. The number of hydrogen-bond donors (Lipinski definition) is 1. The average Bonchev–Trinajstić information content (AvgIpc) is 2.48. The minimum absolute atomic E-state index is 0.00465. The normalized spacial score (nSPS) is 10.3. The Morgan fingerprint density at radius 3 is 2.50 bits per heavy atom. The van der Waals surface area contributed by atoms with E-state index < -0.39 is 10.7 Å². The number of rotatable bonds is 5. The first kappa shape index (κ1) is 15.6. The zero-order valence-electron chi connectivity index (χ0n) is 12.2. The van der Waals surface area contributed by atoms with Crippen LogP contribution in [-0.2, 0) is 0 Å². The molecule has 2 aromatic rings. The first-order chi connectivity index (χ1) is 10.4. The van der Waals surface area contributed by atoms with Gasteiger partial charge in [-0.2, -0.15) is 0 Å². The van der Waals surface area contributed by atoms with Crippen LogP contribution in [0.15, 0.2) is 36.4 Å². The number of nitro benzene ring substituents is 1. The number of benzene rings is 2. The van der Waals surface area contributed by atoms with Gasteiger partial charge in [-0.1, -0.05) is 12.1 Å². The summed E-state index contributed by atoms with van der Waals surface area (Å²) in [5, 5.41) is 13.6. The van der Waals surface area contributed by atoms with E-state index in [4.69, 9.17) is 0 Å². The molecule has 0 unspecified atom stereocenters. The fourth-order valence-corrected chi connectivity index (χ4v) is 2.00. The van der Waals surface area contributed by atoms with Gasteiger partial charge in [0.25, 0.3) is 5.69 Å². The van der Waals surface area contributed by atoms with Gasteiger partial charge in [0.1, 0.15) is 5.82 Å². The molecule has 5 nitrogen and oxygen atoms in total. The number of nitro groups is 1. The Kier molecular flexibility index (Phi) is 4.50. The number of carbonyl (C=O) groups is 1. The van der Waals surface area contributed by atoms with Crippen LogP contribution >= 0.6 is 0 Å². The number of aryl methyl sites for hydroxylation is 2. The van der Waals surface area contributed by atoms with Crippen molar-refractivity contribution in [2.45, 2.75) is 13.8 Å². The Balaban J connectivity index is 2.07. The fourth-order valence-electron chi connectivity index (χ4n) is 2.00. The minimum atomic E-state index is -0.475. The second-order valence-corrected chi connectivity index (χ2v) is 5.00. The van der Waals surface area contributed by atoms with Gasteiger partial charge in [-0.15, -0.1) is 0 Å². The Bertz CT molecular complexity index is 744. The molecule has 0 aliphatic heterocycles. The van der Waals surface area contributed by atoms with Gasteiger partial charge in [0.2, 0.25) is 0 Å². The molecule has 0 atom stereocenters. The van der Waals surface area contributed by atoms with Crippen LogP contribution in [0.25, 0.3) is 0 Å². The Morgan fingerprint density at radius 2 is 1.91 bits per heavy atom. The number of ketones is 1. The van der Waals surface area contributed by atoms with Gasteiger partial charge in [-0.05, 0) is 37.1 Å². The highest BCUT2D eigenvalue weighted by molar-refractivity contribution is 5.99. The number of halogens is 1. The van der Waals surface area contributed by atoms with Crippen molar-refractivity contribution < 1.29 is 14.1 Å². The summed E-state index contributed by atoms with van der Waals surface area (Å²) in [6.45, 7) is 3.33. The van der Waals surface area contributed by atoms with Gasteiger partial charge < -0.3 is 5.32 Å². The van der Waals surface area contributed by atoms with Crippen LogP contribution < -0.4 is 5.32 Å². The molecule has 0 fully saturated rings. The lowest BCUT2D eigenvalue weighted by Crippen LogP contribution is -2.15. The molecule has 0 radical (unpaired) electrons. The molecule has 1 N–H and O–H groups in total. The number of nitrogens with zero attached hydrogens (tertiary/aromatic N) is 1. The van der Waals surface area contributed by atoms with Crippen molar-refractivity contribution in [1.82, 2.24) is 0 Å². The molecule has 0 saturated heterocycles. The number of non-ortho nitro benzene ring substituents is 1. The van der Waals surface area contributed by atoms with Crippen LogP contribution in [0.1, 0.15) is 21.5 Å². The van der Waals surface area contributed by atoms with E-state index >= 15 is 0 Å².